The van der Waals surface area contributed by atoms with Gasteiger partial charge in [0.25, 0.3) is 0 Å². The zero-order valence-corrected chi connectivity index (χ0v) is 11.7. The van der Waals surface area contributed by atoms with E-state index in [4.69, 9.17) is 4.74 Å². The molecule has 1 rings (SSSR count). The van der Waals surface area contributed by atoms with Crippen LogP contribution in [0, 0.1) is 3.57 Å². The second-order valence-corrected chi connectivity index (χ2v) is 4.77. The van der Waals surface area contributed by atoms with Crippen molar-refractivity contribution in [2.75, 3.05) is 7.11 Å². The van der Waals surface area contributed by atoms with E-state index in [0.717, 1.165) is 19.1 Å². The van der Waals surface area contributed by atoms with Crippen LogP contribution in [0.2, 0.25) is 0 Å². The zero-order valence-electron chi connectivity index (χ0n) is 6.40. The average Bonchev–Trinajstić information content (AvgIpc) is 2.08. The summed E-state index contributed by atoms with van der Waals surface area (Å²) in [5, 5.41) is 0.848. The fraction of sp³-hybridized carbons (Fsp3) is 0.250. The van der Waals surface area contributed by atoms with Gasteiger partial charge in [-0.1, -0.05) is 31.9 Å². The molecule has 0 atom stereocenters. The molecular formula is C8H7Br2IO. The van der Waals surface area contributed by atoms with E-state index in [2.05, 4.69) is 60.5 Å². The second-order valence-electron chi connectivity index (χ2n) is 2.21. The first-order valence-electron chi connectivity index (χ1n) is 3.27. The molecular weight excluding hydrogens is 399 g/mol. The van der Waals surface area contributed by atoms with Gasteiger partial charge in [0, 0.05) is 9.80 Å². The maximum Gasteiger partial charge on any atom is 0.133 e. The van der Waals surface area contributed by atoms with Crippen molar-refractivity contribution in [1.82, 2.24) is 0 Å². The van der Waals surface area contributed by atoms with Gasteiger partial charge in [-0.25, -0.2) is 0 Å². The van der Waals surface area contributed by atoms with Gasteiger partial charge in [-0.15, -0.1) is 0 Å². The first-order valence-corrected chi connectivity index (χ1v) is 6.26. The molecule has 0 unspecified atom stereocenters. The molecule has 0 saturated carbocycles. The Kier molecular flexibility index (Phi) is 4.32. The Morgan fingerprint density at radius 1 is 1.50 bits per heavy atom. The average molecular weight is 406 g/mol. The molecule has 0 aliphatic heterocycles. The smallest absolute Gasteiger partial charge is 0.133 e. The summed E-state index contributed by atoms with van der Waals surface area (Å²) in [7, 11) is 1.68. The Morgan fingerprint density at radius 3 is 2.67 bits per heavy atom. The highest BCUT2D eigenvalue weighted by Crippen LogP contribution is 2.29. The lowest BCUT2D eigenvalue weighted by atomic mass is 10.2. The number of alkyl halides is 1. The molecule has 1 aromatic carbocycles. The van der Waals surface area contributed by atoms with Crippen LogP contribution < -0.4 is 4.74 Å². The minimum atomic E-state index is 0.848. The van der Waals surface area contributed by atoms with Gasteiger partial charge in [-0.05, 0) is 40.3 Å². The van der Waals surface area contributed by atoms with Crippen LogP contribution in [0.5, 0.6) is 5.75 Å². The third kappa shape index (κ3) is 2.35. The first kappa shape index (κ1) is 10.8. The number of benzene rings is 1. The van der Waals surface area contributed by atoms with Crippen LogP contribution in [0.3, 0.4) is 0 Å². The van der Waals surface area contributed by atoms with Crippen LogP contribution in [0.1, 0.15) is 5.56 Å². The molecule has 0 amide bonds. The van der Waals surface area contributed by atoms with Crippen molar-refractivity contribution in [2.45, 2.75) is 5.33 Å². The Hall–Kier alpha value is 0.710. The maximum atomic E-state index is 5.21. The van der Waals surface area contributed by atoms with E-state index in [1.54, 1.807) is 7.11 Å². The van der Waals surface area contributed by atoms with Gasteiger partial charge in [0.15, 0.2) is 0 Å². The monoisotopic (exact) mass is 404 g/mol. The van der Waals surface area contributed by atoms with Crippen LogP contribution in [-0.2, 0) is 5.33 Å². The van der Waals surface area contributed by atoms with Crippen LogP contribution >= 0.6 is 54.5 Å². The third-order valence-corrected chi connectivity index (χ3v) is 3.73. The van der Waals surface area contributed by atoms with E-state index < -0.39 is 0 Å². The summed E-state index contributed by atoms with van der Waals surface area (Å²) in [5.74, 6) is 0.916. The van der Waals surface area contributed by atoms with Gasteiger partial charge in [0.1, 0.15) is 5.75 Å². The first-order chi connectivity index (χ1) is 5.69. The van der Waals surface area contributed by atoms with Gasteiger partial charge in [0.05, 0.1) is 10.7 Å². The Bertz CT molecular complexity index is 263. The Labute approximate surface area is 102 Å². The normalized spacial score (nSPS) is 10.0. The summed E-state index contributed by atoms with van der Waals surface area (Å²) in [5.41, 5.74) is 1.24. The summed E-state index contributed by atoms with van der Waals surface area (Å²) in [6.07, 6.45) is 0. The molecule has 0 radical (unpaired) electrons. The quantitative estimate of drug-likeness (QED) is 0.534. The SMILES string of the molecule is COc1cc(Br)cc(CBr)c1I. The topological polar surface area (TPSA) is 9.23 Å². The van der Waals surface area contributed by atoms with Crippen molar-refractivity contribution in [3.8, 4) is 5.75 Å². The lowest BCUT2D eigenvalue weighted by molar-refractivity contribution is 0.411. The number of methoxy groups -OCH3 is 1. The second kappa shape index (κ2) is 4.81. The van der Waals surface area contributed by atoms with Crippen molar-refractivity contribution < 1.29 is 4.74 Å². The predicted molar refractivity (Wildman–Crippen MR) is 66.0 cm³/mol. The fourth-order valence-electron chi connectivity index (χ4n) is 0.864. The number of hydrogen-bond acceptors (Lipinski definition) is 1. The molecule has 1 aromatic rings. The summed E-state index contributed by atoms with van der Waals surface area (Å²) in [6, 6.07) is 4.05. The van der Waals surface area contributed by atoms with E-state index in [0.29, 0.717) is 0 Å². The molecule has 66 valence electrons. The number of ether oxygens (including phenoxy) is 1. The van der Waals surface area contributed by atoms with Crippen molar-refractivity contribution in [3.63, 3.8) is 0 Å². The summed E-state index contributed by atoms with van der Waals surface area (Å²) < 4.78 is 7.42. The van der Waals surface area contributed by atoms with Crippen molar-refractivity contribution in [3.05, 3.63) is 25.7 Å². The number of rotatable bonds is 2. The molecule has 1 nitrogen and oxygen atoms in total. The van der Waals surface area contributed by atoms with Gasteiger partial charge in [-0.2, -0.15) is 0 Å². The van der Waals surface area contributed by atoms with Gasteiger partial charge < -0.3 is 4.74 Å². The zero-order chi connectivity index (χ0) is 9.14. The molecule has 0 spiro atoms. The molecule has 4 heteroatoms. The Balaban J connectivity index is 3.22. The highest BCUT2D eigenvalue weighted by Gasteiger charge is 2.06. The lowest BCUT2D eigenvalue weighted by Gasteiger charge is -2.07. The molecule has 0 aliphatic rings. The Morgan fingerprint density at radius 2 is 2.17 bits per heavy atom. The predicted octanol–water partition coefficient (Wildman–Crippen LogP) is 3.96. The van der Waals surface area contributed by atoms with Gasteiger partial charge >= 0.3 is 0 Å². The molecule has 0 heterocycles. The highest BCUT2D eigenvalue weighted by molar-refractivity contribution is 14.1. The van der Waals surface area contributed by atoms with E-state index in [-0.39, 0.29) is 0 Å². The lowest BCUT2D eigenvalue weighted by Crippen LogP contribution is -1.91. The van der Waals surface area contributed by atoms with Crippen LogP contribution in [0.25, 0.3) is 0 Å². The standard InChI is InChI=1S/C8H7Br2IO/c1-12-7-3-6(10)2-5(4-9)8(7)11/h2-3H,4H2,1H3. The van der Waals surface area contributed by atoms with Crippen molar-refractivity contribution in [1.29, 1.82) is 0 Å². The van der Waals surface area contributed by atoms with Crippen LogP contribution in [-0.4, -0.2) is 7.11 Å². The summed E-state index contributed by atoms with van der Waals surface area (Å²) >= 11 is 9.13. The van der Waals surface area contributed by atoms with E-state index in [1.165, 1.54) is 5.56 Å². The summed E-state index contributed by atoms with van der Waals surface area (Å²) in [6.45, 7) is 0. The molecule has 0 fully saturated rings. The van der Waals surface area contributed by atoms with Gasteiger partial charge in [0.2, 0.25) is 0 Å². The maximum absolute atomic E-state index is 5.21. The van der Waals surface area contributed by atoms with Gasteiger partial charge in [-0.3, -0.25) is 0 Å². The van der Waals surface area contributed by atoms with Crippen LogP contribution in [0.4, 0.5) is 0 Å². The van der Waals surface area contributed by atoms with E-state index in [9.17, 15) is 0 Å². The number of halogens is 3. The van der Waals surface area contributed by atoms with Crippen LogP contribution in [0.15, 0.2) is 16.6 Å². The molecule has 12 heavy (non-hydrogen) atoms. The molecule has 0 aromatic heterocycles. The molecule has 0 saturated heterocycles. The van der Waals surface area contributed by atoms with E-state index >= 15 is 0 Å². The molecule has 0 bridgehead atoms. The minimum Gasteiger partial charge on any atom is -0.496 e. The highest BCUT2D eigenvalue weighted by atomic mass is 127. The van der Waals surface area contributed by atoms with Crippen molar-refractivity contribution >= 4 is 54.5 Å². The minimum absolute atomic E-state index is 0.848. The fourth-order valence-corrected chi connectivity index (χ4v) is 3.04. The summed E-state index contributed by atoms with van der Waals surface area (Å²) in [4.78, 5) is 0. The van der Waals surface area contributed by atoms with E-state index in [1.807, 2.05) is 6.07 Å². The molecule has 0 aliphatic carbocycles. The largest absolute Gasteiger partial charge is 0.496 e. The number of hydrogen-bond donors (Lipinski definition) is 0. The third-order valence-electron chi connectivity index (χ3n) is 1.44. The molecule has 0 N–H and O–H groups in total. The van der Waals surface area contributed by atoms with Crippen molar-refractivity contribution in [2.24, 2.45) is 0 Å².